The van der Waals surface area contributed by atoms with Crippen LogP contribution in [0.5, 0.6) is 0 Å². The molecule has 2 aliphatic rings. The van der Waals surface area contributed by atoms with E-state index in [1.807, 2.05) is 19.2 Å². The Balaban J connectivity index is 0.00000161. The third kappa shape index (κ3) is 3.27. The number of nitrogens with one attached hydrogen (secondary N) is 1. The summed E-state index contributed by atoms with van der Waals surface area (Å²) in [7, 11) is 1.99. The van der Waals surface area contributed by atoms with Gasteiger partial charge in [0.1, 0.15) is 0 Å². The summed E-state index contributed by atoms with van der Waals surface area (Å²) in [6.07, 6.45) is 4.25. The summed E-state index contributed by atoms with van der Waals surface area (Å²) in [5.74, 6) is 0.329. The van der Waals surface area contributed by atoms with Crippen molar-refractivity contribution in [2.45, 2.75) is 37.1 Å². The number of likely N-dealkylation sites (N-methyl/N-ethyl adjacent to an activating group) is 1. The smallest absolute Gasteiger partial charge is 0.233 e. The second kappa shape index (κ2) is 6.67. The van der Waals surface area contributed by atoms with Crippen LogP contribution in [0.25, 0.3) is 0 Å². The van der Waals surface area contributed by atoms with Crippen molar-refractivity contribution < 1.29 is 4.79 Å². The summed E-state index contributed by atoms with van der Waals surface area (Å²) in [5, 5.41) is 3.31. The molecule has 1 N–H and O–H groups in total. The number of likely N-dealkylation sites (tertiary alicyclic amines) is 1. The molecule has 3 rings (SSSR count). The summed E-state index contributed by atoms with van der Waals surface area (Å²) in [4.78, 5) is 15.0. The number of hydrogen-bond donors (Lipinski definition) is 1. The van der Waals surface area contributed by atoms with Gasteiger partial charge in [-0.3, -0.25) is 4.79 Å². The van der Waals surface area contributed by atoms with Crippen LogP contribution in [-0.4, -0.2) is 37.0 Å². The molecule has 0 aromatic heterocycles. The van der Waals surface area contributed by atoms with Crippen LogP contribution in [0.4, 0.5) is 0 Å². The van der Waals surface area contributed by atoms with Gasteiger partial charge in [-0.1, -0.05) is 28.1 Å². The fourth-order valence-corrected chi connectivity index (χ4v) is 3.64. The maximum atomic E-state index is 12.9. The van der Waals surface area contributed by atoms with E-state index < -0.39 is 0 Å². The van der Waals surface area contributed by atoms with E-state index in [-0.39, 0.29) is 17.8 Å². The second-order valence-electron chi connectivity index (χ2n) is 5.97. The van der Waals surface area contributed by atoms with Crippen LogP contribution in [-0.2, 0) is 10.2 Å². The SMILES string of the molecule is CNC1CCCN(C(=O)C2(c3cccc(Br)c3)CC2)C1.Cl. The van der Waals surface area contributed by atoms with Crippen LogP contribution in [0, 0.1) is 0 Å². The molecular formula is C16H22BrClN2O. The second-order valence-corrected chi connectivity index (χ2v) is 6.89. The summed E-state index contributed by atoms with van der Waals surface area (Å²) in [5.41, 5.74) is 0.933. The van der Waals surface area contributed by atoms with Gasteiger partial charge in [0.2, 0.25) is 5.91 Å². The van der Waals surface area contributed by atoms with Crippen molar-refractivity contribution in [2.24, 2.45) is 0 Å². The zero-order valence-electron chi connectivity index (χ0n) is 12.3. The Labute approximate surface area is 141 Å². The molecule has 1 aromatic carbocycles. The molecule has 0 radical (unpaired) electrons. The Morgan fingerprint density at radius 3 is 2.81 bits per heavy atom. The van der Waals surface area contributed by atoms with Crippen molar-refractivity contribution in [3.63, 3.8) is 0 Å². The Bertz CT molecular complexity index is 519. The average Bonchev–Trinajstić information content (AvgIpc) is 3.28. The molecule has 1 aliphatic carbocycles. The van der Waals surface area contributed by atoms with Crippen LogP contribution in [0.3, 0.4) is 0 Å². The predicted molar refractivity (Wildman–Crippen MR) is 91.0 cm³/mol. The van der Waals surface area contributed by atoms with Gasteiger partial charge in [-0.15, -0.1) is 12.4 Å². The molecule has 0 bridgehead atoms. The fourth-order valence-electron chi connectivity index (χ4n) is 3.24. The molecule has 5 heteroatoms. The first-order chi connectivity index (χ1) is 9.65. The predicted octanol–water partition coefficient (Wildman–Crippen LogP) is 3.11. The van der Waals surface area contributed by atoms with Crippen molar-refractivity contribution in [3.8, 4) is 0 Å². The lowest BCUT2D eigenvalue weighted by Crippen LogP contribution is -2.50. The first-order valence-corrected chi connectivity index (χ1v) is 8.18. The number of carbonyl (C=O) groups excluding carboxylic acids is 1. The molecule has 1 amide bonds. The zero-order chi connectivity index (χ0) is 14.2. The Hall–Kier alpha value is -0.580. The molecule has 21 heavy (non-hydrogen) atoms. The molecule has 1 saturated carbocycles. The highest BCUT2D eigenvalue weighted by molar-refractivity contribution is 9.10. The van der Waals surface area contributed by atoms with Crippen LogP contribution in [0.15, 0.2) is 28.7 Å². The van der Waals surface area contributed by atoms with Gasteiger partial charge in [0, 0.05) is 23.6 Å². The number of amides is 1. The van der Waals surface area contributed by atoms with E-state index in [1.165, 1.54) is 12.0 Å². The number of hydrogen-bond acceptors (Lipinski definition) is 2. The van der Waals surface area contributed by atoms with Gasteiger partial charge in [0.25, 0.3) is 0 Å². The highest BCUT2D eigenvalue weighted by atomic mass is 79.9. The number of benzene rings is 1. The molecule has 1 heterocycles. The van der Waals surface area contributed by atoms with Gasteiger partial charge >= 0.3 is 0 Å². The number of halogens is 2. The highest BCUT2D eigenvalue weighted by Gasteiger charge is 2.53. The summed E-state index contributed by atoms with van der Waals surface area (Å²) in [6, 6.07) is 8.69. The monoisotopic (exact) mass is 372 g/mol. The number of rotatable bonds is 3. The zero-order valence-corrected chi connectivity index (χ0v) is 14.7. The molecule has 1 atom stereocenters. The number of piperidine rings is 1. The normalized spacial score (nSPS) is 23.3. The van der Waals surface area contributed by atoms with Crippen LogP contribution >= 0.6 is 28.3 Å². The Kier molecular flexibility index (Phi) is 5.33. The van der Waals surface area contributed by atoms with Gasteiger partial charge in [-0.05, 0) is 50.4 Å². The molecule has 0 spiro atoms. The largest absolute Gasteiger partial charge is 0.340 e. The summed E-state index contributed by atoms with van der Waals surface area (Å²) >= 11 is 3.51. The van der Waals surface area contributed by atoms with E-state index in [2.05, 4.69) is 38.3 Å². The lowest BCUT2D eigenvalue weighted by Gasteiger charge is -2.35. The third-order valence-electron chi connectivity index (χ3n) is 4.65. The molecule has 1 saturated heterocycles. The van der Waals surface area contributed by atoms with Crippen molar-refractivity contribution in [1.82, 2.24) is 10.2 Å². The molecule has 2 fully saturated rings. The molecular weight excluding hydrogens is 352 g/mol. The lowest BCUT2D eigenvalue weighted by molar-refractivity contribution is -0.135. The van der Waals surface area contributed by atoms with Crippen molar-refractivity contribution in [3.05, 3.63) is 34.3 Å². The minimum Gasteiger partial charge on any atom is -0.340 e. The highest BCUT2D eigenvalue weighted by Crippen LogP contribution is 2.50. The maximum Gasteiger partial charge on any atom is 0.233 e. The molecule has 116 valence electrons. The number of carbonyl (C=O) groups is 1. The van der Waals surface area contributed by atoms with E-state index >= 15 is 0 Å². The topological polar surface area (TPSA) is 32.3 Å². The van der Waals surface area contributed by atoms with Crippen LogP contribution in [0.2, 0.25) is 0 Å². The lowest BCUT2D eigenvalue weighted by atomic mass is 9.93. The van der Waals surface area contributed by atoms with Gasteiger partial charge in [-0.2, -0.15) is 0 Å². The van der Waals surface area contributed by atoms with Crippen molar-refractivity contribution in [1.29, 1.82) is 0 Å². The maximum absolute atomic E-state index is 12.9. The van der Waals surface area contributed by atoms with Crippen LogP contribution < -0.4 is 5.32 Å². The third-order valence-corrected chi connectivity index (χ3v) is 5.15. The fraction of sp³-hybridized carbons (Fsp3) is 0.562. The van der Waals surface area contributed by atoms with Gasteiger partial charge in [-0.25, -0.2) is 0 Å². The summed E-state index contributed by atoms with van der Waals surface area (Å²) in [6.45, 7) is 1.76. The van der Waals surface area contributed by atoms with Crippen molar-refractivity contribution >= 4 is 34.2 Å². The van der Waals surface area contributed by atoms with Gasteiger partial charge in [0.15, 0.2) is 0 Å². The van der Waals surface area contributed by atoms with E-state index in [0.29, 0.717) is 11.9 Å². The quantitative estimate of drug-likeness (QED) is 0.883. The van der Waals surface area contributed by atoms with Crippen LogP contribution in [0.1, 0.15) is 31.2 Å². The molecule has 1 aromatic rings. The van der Waals surface area contributed by atoms with E-state index in [0.717, 1.165) is 36.8 Å². The Morgan fingerprint density at radius 1 is 1.43 bits per heavy atom. The number of nitrogens with zero attached hydrogens (tertiary/aromatic N) is 1. The average molecular weight is 374 g/mol. The molecule has 3 nitrogen and oxygen atoms in total. The van der Waals surface area contributed by atoms with E-state index in [4.69, 9.17) is 0 Å². The minimum absolute atomic E-state index is 0. The first kappa shape index (κ1) is 16.8. The van der Waals surface area contributed by atoms with Gasteiger partial charge in [0.05, 0.1) is 5.41 Å². The standard InChI is InChI=1S/C16H21BrN2O.ClH/c1-18-14-6-3-9-19(11-14)15(20)16(7-8-16)12-4-2-5-13(17)10-12;/h2,4-5,10,14,18H,3,6-9,11H2,1H3;1H. The first-order valence-electron chi connectivity index (χ1n) is 7.38. The molecule has 1 aliphatic heterocycles. The molecule has 1 unspecified atom stereocenters. The Morgan fingerprint density at radius 2 is 2.19 bits per heavy atom. The van der Waals surface area contributed by atoms with E-state index in [1.54, 1.807) is 0 Å². The van der Waals surface area contributed by atoms with Crippen molar-refractivity contribution in [2.75, 3.05) is 20.1 Å². The van der Waals surface area contributed by atoms with E-state index in [9.17, 15) is 4.79 Å². The van der Waals surface area contributed by atoms with Gasteiger partial charge < -0.3 is 10.2 Å². The summed E-state index contributed by atoms with van der Waals surface area (Å²) < 4.78 is 1.06. The minimum atomic E-state index is -0.237.